The summed E-state index contributed by atoms with van der Waals surface area (Å²) in [6.07, 6.45) is 0.281. The van der Waals surface area contributed by atoms with Crippen molar-refractivity contribution in [3.05, 3.63) is 28.5 Å². The fourth-order valence-electron chi connectivity index (χ4n) is 4.15. The molecule has 1 aliphatic carbocycles. The number of anilines is 1. The van der Waals surface area contributed by atoms with E-state index >= 15 is 0 Å². The molecule has 2 heterocycles. The van der Waals surface area contributed by atoms with Crippen molar-refractivity contribution in [1.29, 1.82) is 0 Å². The molecule has 4 rings (SSSR count). The molecule has 27 heavy (non-hydrogen) atoms. The highest BCUT2D eigenvalue weighted by Crippen LogP contribution is 2.48. The van der Waals surface area contributed by atoms with E-state index in [2.05, 4.69) is 16.0 Å². The largest absolute Gasteiger partial charge is 0.459 e. The minimum Gasteiger partial charge on any atom is -0.459 e. The second-order valence-electron chi connectivity index (χ2n) is 7.18. The van der Waals surface area contributed by atoms with Crippen LogP contribution >= 0.6 is 11.6 Å². The molecule has 1 aromatic carbocycles. The number of hydrogen-bond acceptors (Lipinski definition) is 3. The predicted molar refractivity (Wildman–Crippen MR) is 95.9 cm³/mol. The first-order valence-corrected chi connectivity index (χ1v) is 9.27. The van der Waals surface area contributed by atoms with Crippen LogP contribution in [0.3, 0.4) is 0 Å². The van der Waals surface area contributed by atoms with E-state index < -0.39 is 18.3 Å². The number of carbonyl (C=O) groups is 1. The van der Waals surface area contributed by atoms with Crippen molar-refractivity contribution in [2.45, 2.75) is 50.4 Å². The fourth-order valence-corrected chi connectivity index (χ4v) is 4.41. The van der Waals surface area contributed by atoms with Crippen molar-refractivity contribution in [2.24, 2.45) is 0 Å². The highest BCUT2D eigenvalue weighted by molar-refractivity contribution is 6.35. The van der Waals surface area contributed by atoms with E-state index in [4.69, 9.17) is 16.0 Å². The lowest BCUT2D eigenvalue weighted by atomic mass is 9.74. The highest BCUT2D eigenvalue weighted by Gasteiger charge is 2.43. The molecule has 1 aliphatic heterocycles. The van der Waals surface area contributed by atoms with Crippen LogP contribution in [0.4, 0.5) is 23.7 Å². The van der Waals surface area contributed by atoms with E-state index in [1.165, 1.54) is 0 Å². The zero-order valence-electron chi connectivity index (χ0n) is 14.4. The zero-order valence-corrected chi connectivity index (χ0v) is 15.2. The summed E-state index contributed by atoms with van der Waals surface area (Å²) in [5.41, 5.74) is 1.33. The van der Waals surface area contributed by atoms with E-state index in [-0.39, 0.29) is 12.6 Å². The molecule has 5 nitrogen and oxygen atoms in total. The molecule has 2 aliphatic rings. The van der Waals surface area contributed by atoms with E-state index in [0.717, 1.165) is 37.7 Å². The smallest absolute Gasteiger partial charge is 0.401 e. The van der Waals surface area contributed by atoms with Crippen molar-refractivity contribution in [2.75, 3.05) is 11.9 Å². The molecule has 0 unspecified atom stereocenters. The molecule has 0 saturated heterocycles. The third-order valence-corrected chi connectivity index (χ3v) is 5.51. The number of hydrogen-bond donors (Lipinski definition) is 3. The van der Waals surface area contributed by atoms with Crippen molar-refractivity contribution >= 4 is 34.3 Å². The molecule has 2 aromatic rings. The minimum absolute atomic E-state index is 0.0482. The van der Waals surface area contributed by atoms with Crippen molar-refractivity contribution in [3.8, 4) is 0 Å². The summed E-state index contributed by atoms with van der Waals surface area (Å²) >= 11 is 6.41. The third kappa shape index (κ3) is 3.48. The number of halogens is 4. The summed E-state index contributed by atoms with van der Waals surface area (Å²) in [5, 5.41) is 9.25. The Hall–Kier alpha value is -1.93. The van der Waals surface area contributed by atoms with E-state index in [1.807, 2.05) is 0 Å². The molecule has 1 saturated carbocycles. The van der Waals surface area contributed by atoms with E-state index in [0.29, 0.717) is 27.4 Å². The second-order valence-corrected chi connectivity index (χ2v) is 7.59. The van der Waals surface area contributed by atoms with Crippen LogP contribution in [0.25, 0.3) is 11.0 Å². The predicted octanol–water partition coefficient (Wildman–Crippen LogP) is 5.03. The maximum absolute atomic E-state index is 12.4. The first-order chi connectivity index (χ1) is 12.8. The molecule has 1 aromatic heterocycles. The Morgan fingerprint density at radius 1 is 1.22 bits per heavy atom. The molecular weight excluding hydrogens is 383 g/mol. The van der Waals surface area contributed by atoms with Gasteiger partial charge in [-0.3, -0.25) is 0 Å². The lowest BCUT2D eigenvalue weighted by molar-refractivity contribution is -0.125. The van der Waals surface area contributed by atoms with Gasteiger partial charge in [-0.15, -0.1) is 0 Å². The number of benzene rings is 1. The number of furan rings is 1. The average molecular weight is 402 g/mol. The molecule has 9 heteroatoms. The van der Waals surface area contributed by atoms with Gasteiger partial charge >= 0.3 is 12.2 Å². The summed E-state index contributed by atoms with van der Waals surface area (Å²) in [6.45, 7) is -1.14. The van der Waals surface area contributed by atoms with Crippen LogP contribution in [-0.2, 0) is 12.1 Å². The molecule has 1 fully saturated rings. The maximum atomic E-state index is 12.4. The van der Waals surface area contributed by atoms with E-state index in [9.17, 15) is 18.0 Å². The second kappa shape index (κ2) is 6.60. The first-order valence-electron chi connectivity index (χ1n) is 8.89. The normalized spacial score (nSPS) is 19.0. The van der Waals surface area contributed by atoms with Gasteiger partial charge in [0, 0.05) is 10.9 Å². The SMILES string of the molecule is O=C1Nc2c(Cl)cc3cc(CNCC(F)(F)F)oc3c2C2(CCCCC2)N1. The van der Waals surface area contributed by atoms with Gasteiger partial charge in [0.05, 0.1) is 29.3 Å². The Morgan fingerprint density at radius 2 is 1.96 bits per heavy atom. The van der Waals surface area contributed by atoms with Crippen LogP contribution in [0.15, 0.2) is 16.5 Å². The number of amides is 2. The van der Waals surface area contributed by atoms with Gasteiger partial charge in [0.1, 0.15) is 11.3 Å². The molecular formula is C18H19ClF3N3O2. The van der Waals surface area contributed by atoms with Gasteiger partial charge in [0.15, 0.2) is 0 Å². The molecule has 0 bridgehead atoms. The highest BCUT2D eigenvalue weighted by atomic mass is 35.5. The molecule has 3 N–H and O–H groups in total. The maximum Gasteiger partial charge on any atom is 0.401 e. The standard InChI is InChI=1S/C18H19ClF3N3O2/c19-12-7-10-6-11(8-23-9-18(20,21)22)27-15(10)13-14(12)24-16(26)25-17(13)4-2-1-3-5-17/h6-7,23H,1-5,8-9H2,(H2,24,25,26). The van der Waals surface area contributed by atoms with Gasteiger partial charge in [0.25, 0.3) is 0 Å². The lowest BCUT2D eigenvalue weighted by Crippen LogP contribution is -2.52. The molecule has 0 atom stereocenters. The Morgan fingerprint density at radius 3 is 2.67 bits per heavy atom. The van der Waals surface area contributed by atoms with Gasteiger partial charge in [-0.1, -0.05) is 30.9 Å². The topological polar surface area (TPSA) is 66.3 Å². The lowest BCUT2D eigenvalue weighted by Gasteiger charge is -2.42. The average Bonchev–Trinajstić information content (AvgIpc) is 2.96. The third-order valence-electron chi connectivity index (χ3n) is 5.21. The Kier molecular flexibility index (Phi) is 4.50. The molecule has 2 amide bonds. The van der Waals surface area contributed by atoms with Gasteiger partial charge in [-0.05, 0) is 25.0 Å². The quantitative estimate of drug-likeness (QED) is 0.675. The van der Waals surface area contributed by atoms with Crippen LogP contribution in [0.1, 0.15) is 43.4 Å². The van der Waals surface area contributed by atoms with Crippen LogP contribution in [-0.4, -0.2) is 18.8 Å². The Bertz CT molecular complexity index is 888. The van der Waals surface area contributed by atoms with Crippen LogP contribution in [0, 0.1) is 0 Å². The van der Waals surface area contributed by atoms with Gasteiger partial charge in [-0.2, -0.15) is 13.2 Å². The summed E-state index contributed by atoms with van der Waals surface area (Å²) in [5.74, 6) is 0.390. The monoisotopic (exact) mass is 401 g/mol. The van der Waals surface area contributed by atoms with Gasteiger partial charge in [0.2, 0.25) is 0 Å². The number of urea groups is 1. The Balaban J connectivity index is 1.76. The zero-order chi connectivity index (χ0) is 19.2. The minimum atomic E-state index is -4.28. The Labute approximate surface area is 158 Å². The fraction of sp³-hybridized carbons (Fsp3) is 0.500. The van der Waals surface area contributed by atoms with Crippen LogP contribution in [0.2, 0.25) is 5.02 Å². The number of rotatable bonds is 3. The summed E-state index contributed by atoms with van der Waals surface area (Å²) in [4.78, 5) is 12.2. The van der Waals surface area contributed by atoms with Crippen LogP contribution in [0.5, 0.6) is 0 Å². The molecule has 0 radical (unpaired) electrons. The molecule has 146 valence electrons. The van der Waals surface area contributed by atoms with Crippen LogP contribution < -0.4 is 16.0 Å². The van der Waals surface area contributed by atoms with Crippen molar-refractivity contribution in [3.63, 3.8) is 0 Å². The summed E-state index contributed by atoms with van der Waals surface area (Å²) < 4.78 is 43.0. The van der Waals surface area contributed by atoms with Crippen molar-refractivity contribution < 1.29 is 22.4 Å². The summed E-state index contributed by atoms with van der Waals surface area (Å²) in [7, 11) is 0. The number of carbonyl (C=O) groups excluding carboxylic acids is 1. The molecule has 1 spiro atoms. The first kappa shape index (κ1) is 18.4. The number of alkyl halides is 3. The van der Waals surface area contributed by atoms with E-state index in [1.54, 1.807) is 12.1 Å². The van der Waals surface area contributed by atoms with Gasteiger partial charge < -0.3 is 20.4 Å². The summed E-state index contributed by atoms with van der Waals surface area (Å²) in [6, 6.07) is 3.07. The number of nitrogens with one attached hydrogen (secondary N) is 3. The van der Waals surface area contributed by atoms with Gasteiger partial charge in [-0.25, -0.2) is 4.79 Å². The van der Waals surface area contributed by atoms with Crippen molar-refractivity contribution in [1.82, 2.24) is 10.6 Å². The number of fused-ring (bicyclic) bond motifs is 4.